The Kier molecular flexibility index (Phi) is 6.25. The number of carbonyl (C=O) groups excluding carboxylic acids is 3. The SMILES string of the molecule is B[C@@H](C(=O)N1C(=O)OC[C@H]1c1ccccc1)[C@@H](C)c1cn(C(=O)OC(C)(C)C)c2ccccc12. The Labute approximate surface area is 200 Å². The minimum absolute atomic E-state index is 0.133. The van der Waals surface area contributed by atoms with E-state index in [0.29, 0.717) is 5.52 Å². The molecule has 1 fully saturated rings. The number of cyclic esters (lactones) is 1. The first kappa shape index (κ1) is 23.6. The highest BCUT2D eigenvalue weighted by Gasteiger charge is 2.42. The van der Waals surface area contributed by atoms with Crippen molar-refractivity contribution in [1.82, 2.24) is 9.47 Å². The van der Waals surface area contributed by atoms with Crippen LogP contribution in [-0.2, 0) is 14.3 Å². The predicted molar refractivity (Wildman–Crippen MR) is 132 cm³/mol. The van der Waals surface area contributed by atoms with Gasteiger partial charge in [0.2, 0.25) is 5.91 Å². The maximum absolute atomic E-state index is 13.5. The van der Waals surface area contributed by atoms with Gasteiger partial charge in [-0.25, -0.2) is 14.5 Å². The molecular formula is C26H29BN2O5. The van der Waals surface area contributed by atoms with E-state index in [2.05, 4.69) is 0 Å². The van der Waals surface area contributed by atoms with Gasteiger partial charge in [-0.1, -0.05) is 55.5 Å². The van der Waals surface area contributed by atoms with Crippen LogP contribution in [0.2, 0.25) is 5.82 Å². The number of fused-ring (bicyclic) bond motifs is 1. The molecular weight excluding hydrogens is 431 g/mol. The summed E-state index contributed by atoms with van der Waals surface area (Å²) in [7, 11) is 1.81. The third kappa shape index (κ3) is 4.45. The van der Waals surface area contributed by atoms with E-state index >= 15 is 0 Å². The monoisotopic (exact) mass is 460 g/mol. The molecule has 2 amide bonds. The maximum Gasteiger partial charge on any atom is 0.419 e. The lowest BCUT2D eigenvalue weighted by Gasteiger charge is -2.26. The Bertz CT molecular complexity index is 1230. The van der Waals surface area contributed by atoms with Crippen LogP contribution < -0.4 is 0 Å². The van der Waals surface area contributed by atoms with Crippen molar-refractivity contribution < 1.29 is 23.9 Å². The molecule has 0 saturated carbocycles. The Hall–Kier alpha value is -3.55. The summed E-state index contributed by atoms with van der Waals surface area (Å²) in [5.74, 6) is -1.11. The van der Waals surface area contributed by atoms with Gasteiger partial charge < -0.3 is 9.47 Å². The van der Waals surface area contributed by atoms with Crippen LogP contribution in [0.4, 0.5) is 9.59 Å². The average molecular weight is 460 g/mol. The molecule has 0 bridgehead atoms. The summed E-state index contributed by atoms with van der Waals surface area (Å²) in [6.07, 6.45) is 0.631. The van der Waals surface area contributed by atoms with Crippen LogP contribution in [0.3, 0.4) is 0 Å². The topological polar surface area (TPSA) is 77.8 Å². The molecule has 0 N–H and O–H groups in total. The number of carbonyl (C=O) groups is 3. The molecule has 0 spiro atoms. The van der Waals surface area contributed by atoms with E-state index < -0.39 is 29.6 Å². The third-order valence-electron chi connectivity index (χ3n) is 6.26. The molecule has 0 radical (unpaired) electrons. The van der Waals surface area contributed by atoms with Gasteiger partial charge in [0.1, 0.15) is 26.1 Å². The standard InChI is InChI=1S/C26H29BN2O5/c1-16(19-14-28(24(31)34-26(2,3)4)20-13-9-8-12-18(19)20)22(27)23(30)29-21(15-33-25(29)32)17-10-6-5-7-11-17/h5-14,16,21-22H,15,27H2,1-4H3/t16-,21-,22+/m0/s1. The van der Waals surface area contributed by atoms with E-state index in [4.69, 9.17) is 9.47 Å². The highest BCUT2D eigenvalue weighted by atomic mass is 16.6. The quantitative estimate of drug-likeness (QED) is 0.529. The zero-order chi connectivity index (χ0) is 24.6. The molecule has 1 aliphatic heterocycles. The summed E-state index contributed by atoms with van der Waals surface area (Å²) in [6.45, 7) is 7.52. The summed E-state index contributed by atoms with van der Waals surface area (Å²) >= 11 is 0. The lowest BCUT2D eigenvalue weighted by Crippen LogP contribution is -2.38. The Morgan fingerprint density at radius 2 is 1.74 bits per heavy atom. The molecule has 4 rings (SSSR count). The van der Waals surface area contributed by atoms with Crippen molar-refractivity contribution in [1.29, 1.82) is 0 Å². The second-order valence-corrected chi connectivity index (χ2v) is 9.74. The number of rotatable bonds is 4. The lowest BCUT2D eigenvalue weighted by molar-refractivity contribution is -0.129. The van der Waals surface area contributed by atoms with Gasteiger partial charge in [0.05, 0.1) is 5.52 Å². The van der Waals surface area contributed by atoms with Gasteiger partial charge in [-0.3, -0.25) is 9.36 Å². The van der Waals surface area contributed by atoms with Crippen molar-refractivity contribution in [2.45, 2.75) is 51.1 Å². The van der Waals surface area contributed by atoms with Crippen LogP contribution in [0.25, 0.3) is 10.9 Å². The van der Waals surface area contributed by atoms with E-state index in [9.17, 15) is 14.4 Å². The molecule has 34 heavy (non-hydrogen) atoms. The first-order valence-electron chi connectivity index (χ1n) is 11.5. The van der Waals surface area contributed by atoms with Crippen LogP contribution >= 0.6 is 0 Å². The largest absolute Gasteiger partial charge is 0.446 e. The first-order chi connectivity index (χ1) is 16.1. The smallest absolute Gasteiger partial charge is 0.419 e. The molecule has 1 aliphatic rings. The van der Waals surface area contributed by atoms with Crippen molar-refractivity contribution in [2.24, 2.45) is 0 Å². The van der Waals surface area contributed by atoms with E-state index in [-0.39, 0.29) is 18.4 Å². The molecule has 3 atom stereocenters. The van der Waals surface area contributed by atoms with Crippen molar-refractivity contribution in [3.8, 4) is 0 Å². The number of ether oxygens (including phenoxy) is 2. The van der Waals surface area contributed by atoms with Gasteiger partial charge in [0.15, 0.2) is 0 Å². The lowest BCUT2D eigenvalue weighted by atomic mass is 9.73. The summed E-state index contributed by atoms with van der Waals surface area (Å²) in [6, 6.07) is 16.5. The fraction of sp³-hybridized carbons (Fsp3) is 0.346. The van der Waals surface area contributed by atoms with Crippen molar-refractivity contribution in [3.05, 3.63) is 71.9 Å². The Morgan fingerprint density at radius 1 is 1.09 bits per heavy atom. The second-order valence-electron chi connectivity index (χ2n) is 9.74. The number of hydrogen-bond acceptors (Lipinski definition) is 5. The molecule has 8 heteroatoms. The molecule has 7 nitrogen and oxygen atoms in total. The fourth-order valence-electron chi connectivity index (χ4n) is 4.32. The van der Waals surface area contributed by atoms with E-state index in [1.165, 1.54) is 9.47 Å². The van der Waals surface area contributed by atoms with Gasteiger partial charge in [-0.15, -0.1) is 0 Å². The molecule has 1 saturated heterocycles. The average Bonchev–Trinajstić information content (AvgIpc) is 3.38. The highest BCUT2D eigenvalue weighted by Crippen LogP contribution is 2.38. The number of para-hydroxylation sites is 1. The third-order valence-corrected chi connectivity index (χ3v) is 6.26. The molecule has 1 aromatic heterocycles. The molecule has 2 aromatic carbocycles. The normalized spacial score (nSPS) is 17.9. The van der Waals surface area contributed by atoms with Crippen LogP contribution in [0, 0.1) is 0 Å². The predicted octanol–water partition coefficient (Wildman–Crippen LogP) is 4.67. The number of aromatic nitrogens is 1. The fourth-order valence-corrected chi connectivity index (χ4v) is 4.32. The van der Waals surface area contributed by atoms with Crippen molar-refractivity contribution in [3.63, 3.8) is 0 Å². The number of hydrogen-bond donors (Lipinski definition) is 0. The molecule has 2 heterocycles. The van der Waals surface area contributed by atoms with Crippen LogP contribution in [0.1, 0.15) is 50.8 Å². The van der Waals surface area contributed by atoms with Gasteiger partial charge in [-0.2, -0.15) is 0 Å². The van der Waals surface area contributed by atoms with Crippen molar-refractivity contribution in [2.75, 3.05) is 6.61 Å². The maximum atomic E-state index is 13.5. The number of imide groups is 1. The van der Waals surface area contributed by atoms with Crippen molar-refractivity contribution >= 4 is 36.8 Å². The minimum Gasteiger partial charge on any atom is -0.446 e. The summed E-state index contributed by atoms with van der Waals surface area (Å²) in [5.41, 5.74) is 1.76. The van der Waals surface area contributed by atoms with E-state index in [1.54, 1.807) is 14.0 Å². The van der Waals surface area contributed by atoms with Gasteiger partial charge in [0.25, 0.3) is 0 Å². The van der Waals surface area contributed by atoms with E-state index in [1.807, 2.05) is 82.3 Å². The summed E-state index contributed by atoms with van der Waals surface area (Å²) in [4.78, 5) is 40.2. The van der Waals surface area contributed by atoms with E-state index in [0.717, 1.165) is 16.5 Å². The van der Waals surface area contributed by atoms with Crippen LogP contribution in [-0.4, -0.2) is 47.6 Å². The van der Waals surface area contributed by atoms with Gasteiger partial charge in [-0.05, 0) is 43.9 Å². The highest BCUT2D eigenvalue weighted by molar-refractivity contribution is 6.26. The minimum atomic E-state index is -0.639. The Morgan fingerprint density at radius 3 is 2.41 bits per heavy atom. The Balaban J connectivity index is 1.65. The van der Waals surface area contributed by atoms with Crippen LogP contribution in [0.15, 0.2) is 60.8 Å². The van der Waals surface area contributed by atoms with Gasteiger partial charge in [0, 0.05) is 17.4 Å². The number of benzene rings is 2. The van der Waals surface area contributed by atoms with Gasteiger partial charge >= 0.3 is 12.2 Å². The molecule has 0 aliphatic carbocycles. The first-order valence-corrected chi connectivity index (χ1v) is 11.5. The molecule has 3 aromatic rings. The number of nitrogens with zero attached hydrogens (tertiary/aromatic N) is 2. The zero-order valence-electron chi connectivity index (χ0n) is 20.1. The second kappa shape index (κ2) is 9.01. The van der Waals surface area contributed by atoms with Crippen LogP contribution in [0.5, 0.6) is 0 Å². The zero-order valence-corrected chi connectivity index (χ0v) is 20.1. The summed E-state index contributed by atoms with van der Waals surface area (Å²) < 4.78 is 12.3. The summed E-state index contributed by atoms with van der Waals surface area (Å²) in [5, 5.41) is 0.865. The molecule has 176 valence electrons. The number of amides is 2. The molecule has 0 unspecified atom stereocenters.